The summed E-state index contributed by atoms with van der Waals surface area (Å²) in [4.78, 5) is 0. The predicted octanol–water partition coefficient (Wildman–Crippen LogP) is 4.76. The molecule has 0 aromatic heterocycles. The Balaban J connectivity index is 1.81. The van der Waals surface area contributed by atoms with Crippen molar-refractivity contribution in [1.82, 2.24) is 0 Å². The van der Waals surface area contributed by atoms with Crippen LogP contribution >= 0.6 is 11.6 Å². The lowest BCUT2D eigenvalue weighted by Crippen LogP contribution is -2.23. The molecule has 3 atom stereocenters. The van der Waals surface area contributed by atoms with E-state index in [9.17, 15) is 0 Å². The number of halogens is 1. The summed E-state index contributed by atoms with van der Waals surface area (Å²) in [6.45, 7) is 0. The monoisotopic (exact) mass is 297 g/mol. The van der Waals surface area contributed by atoms with Gasteiger partial charge in [-0.3, -0.25) is 0 Å². The summed E-state index contributed by atoms with van der Waals surface area (Å²) >= 11 is 6.43. The molecule has 106 valence electrons. The first-order chi connectivity index (χ1) is 10.3. The molecule has 0 spiro atoms. The third-order valence-electron chi connectivity index (χ3n) is 3.85. The Kier molecular flexibility index (Phi) is 4.24. The van der Waals surface area contributed by atoms with Crippen molar-refractivity contribution in [3.8, 4) is 6.07 Å². The third-order valence-corrected chi connectivity index (χ3v) is 4.21. The molecule has 1 aliphatic heterocycles. The first kappa shape index (κ1) is 14.1. The Morgan fingerprint density at radius 2 is 1.48 bits per heavy atom. The molecule has 0 unspecified atom stereocenters. The lowest BCUT2D eigenvalue weighted by molar-refractivity contribution is -0.0516. The second-order valence-electron chi connectivity index (χ2n) is 5.33. The first-order valence-corrected chi connectivity index (χ1v) is 7.54. The van der Waals surface area contributed by atoms with Crippen LogP contribution in [0.4, 0.5) is 0 Å². The molecule has 2 nitrogen and oxygen atoms in total. The average Bonchev–Trinajstić information content (AvgIpc) is 2.55. The maximum absolute atomic E-state index is 8.87. The van der Waals surface area contributed by atoms with Gasteiger partial charge in [-0.1, -0.05) is 42.5 Å². The van der Waals surface area contributed by atoms with Gasteiger partial charge in [-0.25, -0.2) is 0 Å². The standard InChI is InChI=1S/C18H16ClNO/c19-16-10-17(14-4-2-1-3-5-14)21-18(11-16)15-8-6-13(12-20)7-9-15/h1-9,16-18H,10-11H2/t16-,17-,18+/m1/s1. The minimum absolute atomic E-state index is 0.0146. The van der Waals surface area contributed by atoms with E-state index < -0.39 is 0 Å². The van der Waals surface area contributed by atoms with E-state index in [1.165, 1.54) is 5.56 Å². The summed E-state index contributed by atoms with van der Waals surface area (Å²) in [6.07, 6.45) is 1.65. The SMILES string of the molecule is N#Cc1ccc([C@@H]2C[C@H](Cl)C[C@H](c3ccccc3)O2)cc1. The normalized spacial score (nSPS) is 25.2. The molecule has 2 aromatic carbocycles. The molecule has 1 heterocycles. The smallest absolute Gasteiger partial charge is 0.0991 e. The fourth-order valence-corrected chi connectivity index (χ4v) is 3.06. The van der Waals surface area contributed by atoms with E-state index in [0.717, 1.165) is 18.4 Å². The van der Waals surface area contributed by atoms with E-state index in [2.05, 4.69) is 18.2 Å². The van der Waals surface area contributed by atoms with Gasteiger partial charge in [-0.2, -0.15) is 5.26 Å². The van der Waals surface area contributed by atoms with Gasteiger partial charge < -0.3 is 4.74 Å². The summed E-state index contributed by atoms with van der Waals surface area (Å²) in [5.74, 6) is 0. The largest absolute Gasteiger partial charge is 0.365 e. The zero-order valence-electron chi connectivity index (χ0n) is 11.6. The molecule has 21 heavy (non-hydrogen) atoms. The highest BCUT2D eigenvalue weighted by Gasteiger charge is 2.30. The van der Waals surface area contributed by atoms with Crippen molar-refractivity contribution >= 4 is 11.6 Å². The lowest BCUT2D eigenvalue weighted by atomic mass is 9.94. The summed E-state index contributed by atoms with van der Waals surface area (Å²) in [5.41, 5.74) is 2.92. The Bertz CT molecular complexity index is 633. The predicted molar refractivity (Wildman–Crippen MR) is 83.0 cm³/mol. The summed E-state index contributed by atoms with van der Waals surface area (Å²) in [7, 11) is 0. The van der Waals surface area contributed by atoms with Gasteiger partial charge >= 0.3 is 0 Å². The van der Waals surface area contributed by atoms with Gasteiger partial charge in [0.2, 0.25) is 0 Å². The zero-order valence-corrected chi connectivity index (χ0v) is 12.3. The number of ether oxygens (including phenoxy) is 1. The van der Waals surface area contributed by atoms with E-state index in [4.69, 9.17) is 21.6 Å². The highest BCUT2D eigenvalue weighted by atomic mass is 35.5. The van der Waals surface area contributed by atoms with Crippen molar-refractivity contribution in [3.63, 3.8) is 0 Å². The Morgan fingerprint density at radius 1 is 0.905 bits per heavy atom. The quantitative estimate of drug-likeness (QED) is 0.749. The second-order valence-corrected chi connectivity index (χ2v) is 5.94. The van der Waals surface area contributed by atoms with E-state index in [1.807, 2.05) is 42.5 Å². The molecule has 3 heteroatoms. The molecule has 1 saturated heterocycles. The molecular formula is C18H16ClNO. The average molecular weight is 298 g/mol. The molecule has 0 N–H and O–H groups in total. The number of hydrogen-bond donors (Lipinski definition) is 0. The van der Waals surface area contributed by atoms with Gasteiger partial charge in [-0.15, -0.1) is 11.6 Å². The van der Waals surface area contributed by atoms with Crippen LogP contribution in [0.2, 0.25) is 0 Å². The van der Waals surface area contributed by atoms with E-state index in [1.54, 1.807) is 0 Å². The molecule has 0 bridgehead atoms. The molecular weight excluding hydrogens is 282 g/mol. The van der Waals surface area contributed by atoms with Gasteiger partial charge in [0.1, 0.15) is 0 Å². The van der Waals surface area contributed by atoms with Gasteiger partial charge in [0, 0.05) is 5.38 Å². The van der Waals surface area contributed by atoms with Crippen molar-refractivity contribution in [3.05, 3.63) is 71.3 Å². The third kappa shape index (κ3) is 3.26. The molecule has 0 radical (unpaired) electrons. The number of alkyl halides is 1. The van der Waals surface area contributed by atoms with Crippen LogP contribution in [0.1, 0.15) is 41.7 Å². The fraction of sp³-hybridized carbons (Fsp3) is 0.278. The topological polar surface area (TPSA) is 33.0 Å². The van der Waals surface area contributed by atoms with Gasteiger partial charge in [0.25, 0.3) is 0 Å². The van der Waals surface area contributed by atoms with Crippen molar-refractivity contribution in [2.24, 2.45) is 0 Å². The minimum Gasteiger partial charge on any atom is -0.365 e. The number of nitriles is 1. The Morgan fingerprint density at radius 3 is 2.05 bits per heavy atom. The molecule has 1 aliphatic rings. The van der Waals surface area contributed by atoms with Crippen LogP contribution in [0.5, 0.6) is 0 Å². The summed E-state index contributed by atoms with van der Waals surface area (Å²) < 4.78 is 6.24. The van der Waals surface area contributed by atoms with Crippen molar-refractivity contribution in [2.45, 2.75) is 30.4 Å². The summed E-state index contributed by atoms with van der Waals surface area (Å²) in [6, 6.07) is 19.9. The highest BCUT2D eigenvalue weighted by molar-refractivity contribution is 6.20. The van der Waals surface area contributed by atoms with Crippen LogP contribution in [-0.4, -0.2) is 5.38 Å². The highest BCUT2D eigenvalue weighted by Crippen LogP contribution is 2.40. The summed E-state index contributed by atoms with van der Waals surface area (Å²) in [5, 5.41) is 8.97. The van der Waals surface area contributed by atoms with Crippen molar-refractivity contribution in [1.29, 1.82) is 5.26 Å². The first-order valence-electron chi connectivity index (χ1n) is 7.11. The fourth-order valence-electron chi connectivity index (χ4n) is 2.74. The maximum atomic E-state index is 8.87. The number of nitrogens with zero attached hydrogens (tertiary/aromatic N) is 1. The van der Waals surface area contributed by atoms with Crippen LogP contribution < -0.4 is 0 Å². The minimum atomic E-state index is -0.0146. The molecule has 3 rings (SSSR count). The van der Waals surface area contributed by atoms with Crippen LogP contribution in [-0.2, 0) is 4.74 Å². The van der Waals surface area contributed by atoms with E-state index in [0.29, 0.717) is 5.56 Å². The van der Waals surface area contributed by atoms with Crippen molar-refractivity contribution in [2.75, 3.05) is 0 Å². The van der Waals surface area contributed by atoms with Crippen LogP contribution in [0.15, 0.2) is 54.6 Å². The molecule has 2 aromatic rings. The molecule has 0 saturated carbocycles. The number of rotatable bonds is 2. The Hall–Kier alpha value is -1.82. The van der Waals surface area contributed by atoms with Crippen molar-refractivity contribution < 1.29 is 4.74 Å². The van der Waals surface area contributed by atoms with Crippen LogP contribution in [0, 0.1) is 11.3 Å². The number of benzene rings is 2. The van der Waals surface area contributed by atoms with Gasteiger partial charge in [-0.05, 0) is 36.1 Å². The zero-order chi connectivity index (χ0) is 14.7. The lowest BCUT2D eigenvalue weighted by Gasteiger charge is -2.33. The molecule has 0 aliphatic carbocycles. The second kappa shape index (κ2) is 6.30. The molecule has 0 amide bonds. The van der Waals surface area contributed by atoms with Crippen LogP contribution in [0.3, 0.4) is 0 Å². The van der Waals surface area contributed by atoms with Gasteiger partial charge in [0.05, 0.1) is 23.8 Å². The van der Waals surface area contributed by atoms with E-state index >= 15 is 0 Å². The number of hydrogen-bond acceptors (Lipinski definition) is 2. The molecule has 1 fully saturated rings. The van der Waals surface area contributed by atoms with Gasteiger partial charge in [0.15, 0.2) is 0 Å². The van der Waals surface area contributed by atoms with E-state index in [-0.39, 0.29) is 17.6 Å². The van der Waals surface area contributed by atoms with Crippen LogP contribution in [0.25, 0.3) is 0 Å². The maximum Gasteiger partial charge on any atom is 0.0991 e. The Labute approximate surface area is 129 Å².